The molecule has 3 rings (SSSR count). The fourth-order valence-corrected chi connectivity index (χ4v) is 4.91. The van der Waals surface area contributed by atoms with Crippen LogP contribution >= 0.6 is 23.2 Å². The first-order valence-electron chi connectivity index (χ1n) is 9.29. The minimum Gasteiger partial charge on any atom is -0.389 e. The van der Waals surface area contributed by atoms with Crippen molar-refractivity contribution in [1.82, 2.24) is 4.90 Å². The van der Waals surface area contributed by atoms with Crippen LogP contribution in [0.4, 0.5) is 0 Å². The van der Waals surface area contributed by atoms with Crippen LogP contribution in [0.1, 0.15) is 42.9 Å². The van der Waals surface area contributed by atoms with Crippen LogP contribution in [-0.4, -0.2) is 29.7 Å². The summed E-state index contributed by atoms with van der Waals surface area (Å²) in [5, 5.41) is 13.2. The molecule has 0 saturated heterocycles. The highest BCUT2D eigenvalue weighted by molar-refractivity contribution is 6.31. The van der Waals surface area contributed by atoms with Crippen molar-refractivity contribution >= 4 is 23.2 Å². The molecule has 0 amide bonds. The molecule has 2 aromatic rings. The maximum absolute atomic E-state index is 11.8. The summed E-state index contributed by atoms with van der Waals surface area (Å²) in [5.41, 5.74) is 1.31. The molecule has 0 aliphatic heterocycles. The Morgan fingerprint density at radius 3 is 2.35 bits per heavy atom. The van der Waals surface area contributed by atoms with Gasteiger partial charge in [-0.25, -0.2) is 0 Å². The van der Waals surface area contributed by atoms with Crippen molar-refractivity contribution in [2.24, 2.45) is 5.92 Å². The number of hydrogen-bond acceptors (Lipinski definition) is 2. The van der Waals surface area contributed by atoms with Gasteiger partial charge in [0.2, 0.25) is 0 Å². The first-order valence-corrected chi connectivity index (χ1v) is 10.0. The third kappa shape index (κ3) is 4.09. The Morgan fingerprint density at radius 1 is 1.04 bits per heavy atom. The third-order valence-electron chi connectivity index (χ3n) is 5.68. The maximum Gasteiger partial charge on any atom is 0.0734 e. The highest BCUT2D eigenvalue weighted by atomic mass is 35.5. The molecule has 1 fully saturated rings. The van der Waals surface area contributed by atoms with Gasteiger partial charge < -0.3 is 10.0 Å². The van der Waals surface area contributed by atoms with Gasteiger partial charge in [-0.05, 0) is 50.2 Å². The molecule has 1 saturated carbocycles. The molecule has 26 heavy (non-hydrogen) atoms. The van der Waals surface area contributed by atoms with Crippen molar-refractivity contribution in [1.29, 1.82) is 0 Å². The molecule has 140 valence electrons. The van der Waals surface area contributed by atoms with E-state index < -0.39 is 5.60 Å². The van der Waals surface area contributed by atoms with Crippen molar-refractivity contribution in [2.45, 2.75) is 43.7 Å². The number of halogens is 2. The van der Waals surface area contributed by atoms with E-state index in [9.17, 15) is 5.11 Å². The van der Waals surface area contributed by atoms with E-state index in [4.69, 9.17) is 23.2 Å². The molecule has 1 N–H and O–H groups in total. The van der Waals surface area contributed by atoms with E-state index in [1.165, 1.54) is 0 Å². The van der Waals surface area contributed by atoms with Gasteiger partial charge in [-0.1, -0.05) is 72.4 Å². The highest BCUT2D eigenvalue weighted by Crippen LogP contribution is 2.46. The lowest BCUT2D eigenvalue weighted by Gasteiger charge is -2.46. The molecule has 1 aliphatic rings. The van der Waals surface area contributed by atoms with Gasteiger partial charge in [0.25, 0.3) is 0 Å². The van der Waals surface area contributed by atoms with Crippen molar-refractivity contribution in [2.75, 3.05) is 14.1 Å². The quantitative estimate of drug-likeness (QED) is 0.699. The van der Waals surface area contributed by atoms with Crippen LogP contribution in [-0.2, 0) is 6.42 Å². The van der Waals surface area contributed by atoms with E-state index in [0.717, 1.165) is 46.9 Å². The first kappa shape index (κ1) is 19.7. The average molecular weight is 392 g/mol. The van der Waals surface area contributed by atoms with E-state index in [2.05, 4.69) is 25.1 Å². The van der Waals surface area contributed by atoms with Gasteiger partial charge in [0.1, 0.15) is 0 Å². The van der Waals surface area contributed by atoms with Crippen molar-refractivity contribution < 1.29 is 5.11 Å². The molecule has 4 heteroatoms. The number of benzene rings is 2. The second-order valence-electron chi connectivity index (χ2n) is 7.65. The van der Waals surface area contributed by atoms with Crippen LogP contribution in [0.25, 0.3) is 0 Å². The number of nitrogens with zero attached hydrogens (tertiary/aromatic N) is 1. The molecule has 3 unspecified atom stereocenters. The molecule has 3 atom stereocenters. The fourth-order valence-electron chi connectivity index (χ4n) is 4.46. The third-order valence-corrected chi connectivity index (χ3v) is 6.39. The molecule has 0 heterocycles. The summed E-state index contributed by atoms with van der Waals surface area (Å²) in [6, 6.07) is 15.9. The second kappa shape index (κ2) is 8.31. The fraction of sp³-hybridized carbons (Fsp3) is 0.455. The van der Waals surface area contributed by atoms with Gasteiger partial charge in [0, 0.05) is 28.4 Å². The van der Waals surface area contributed by atoms with E-state index >= 15 is 0 Å². The summed E-state index contributed by atoms with van der Waals surface area (Å²) in [6.45, 7) is 0. The van der Waals surface area contributed by atoms with E-state index in [1.54, 1.807) is 0 Å². The molecule has 2 aromatic carbocycles. The summed E-state index contributed by atoms with van der Waals surface area (Å²) in [7, 11) is 4.14. The predicted octanol–water partition coefficient (Wildman–Crippen LogP) is 5.76. The van der Waals surface area contributed by atoms with Crippen LogP contribution < -0.4 is 0 Å². The molecule has 2 nitrogen and oxygen atoms in total. The Balaban J connectivity index is 1.98. The Kier molecular flexibility index (Phi) is 6.29. The average Bonchev–Trinajstić information content (AvgIpc) is 2.60. The molecule has 0 aromatic heterocycles. The summed E-state index contributed by atoms with van der Waals surface area (Å²) in [5.74, 6) is 0.0995. The number of rotatable bonds is 5. The molecular formula is C22H27Cl2NO. The molecule has 0 spiro atoms. The molecule has 0 radical (unpaired) electrons. The largest absolute Gasteiger partial charge is 0.389 e. The Morgan fingerprint density at radius 2 is 1.69 bits per heavy atom. The van der Waals surface area contributed by atoms with Crippen LogP contribution in [0.3, 0.4) is 0 Å². The summed E-state index contributed by atoms with van der Waals surface area (Å²) in [4.78, 5) is 2.19. The molecule has 1 aliphatic carbocycles. The van der Waals surface area contributed by atoms with Crippen molar-refractivity contribution in [3.8, 4) is 0 Å². The Labute approximate surface area is 166 Å². The minimum absolute atomic E-state index is 0.0662. The van der Waals surface area contributed by atoms with Crippen molar-refractivity contribution in [3.05, 3.63) is 69.7 Å². The summed E-state index contributed by atoms with van der Waals surface area (Å²) in [6.07, 6.45) is 4.52. The van der Waals surface area contributed by atoms with Crippen LogP contribution in [0.15, 0.2) is 48.5 Å². The maximum atomic E-state index is 11.8. The van der Waals surface area contributed by atoms with Gasteiger partial charge in [0.05, 0.1) is 5.60 Å². The van der Waals surface area contributed by atoms with Crippen LogP contribution in [0.2, 0.25) is 10.0 Å². The lowest BCUT2D eigenvalue weighted by Crippen LogP contribution is -2.48. The zero-order valence-electron chi connectivity index (χ0n) is 15.5. The smallest absolute Gasteiger partial charge is 0.0734 e. The van der Waals surface area contributed by atoms with Gasteiger partial charge in [-0.3, -0.25) is 0 Å². The molecular weight excluding hydrogens is 365 g/mol. The number of aliphatic hydroxyl groups is 1. The van der Waals surface area contributed by atoms with E-state index in [-0.39, 0.29) is 12.0 Å². The van der Waals surface area contributed by atoms with Gasteiger partial charge in [-0.2, -0.15) is 0 Å². The van der Waals surface area contributed by atoms with Crippen molar-refractivity contribution in [3.63, 3.8) is 0 Å². The Bertz CT molecular complexity index is 748. The lowest BCUT2D eigenvalue weighted by atomic mass is 9.67. The van der Waals surface area contributed by atoms with Crippen LogP contribution in [0, 0.1) is 5.92 Å². The topological polar surface area (TPSA) is 23.5 Å². The van der Waals surface area contributed by atoms with Gasteiger partial charge in [-0.15, -0.1) is 0 Å². The predicted molar refractivity (Wildman–Crippen MR) is 110 cm³/mol. The standard InChI is InChI=1S/C22H27Cl2NO/c1-25(2)21(17-10-4-6-13-20(17)24)18-11-7-8-14-22(18,26)15-16-9-3-5-12-19(16)23/h3-6,9-10,12-13,18,21,26H,7-8,11,14-15H2,1-2H3. The van der Waals surface area contributed by atoms with E-state index in [0.29, 0.717) is 6.42 Å². The first-order chi connectivity index (χ1) is 12.4. The monoisotopic (exact) mass is 391 g/mol. The van der Waals surface area contributed by atoms with E-state index in [1.807, 2.05) is 42.5 Å². The summed E-state index contributed by atoms with van der Waals surface area (Å²) >= 11 is 12.9. The lowest BCUT2D eigenvalue weighted by molar-refractivity contribution is -0.0770. The zero-order valence-corrected chi connectivity index (χ0v) is 17.0. The van der Waals surface area contributed by atoms with Gasteiger partial charge in [0.15, 0.2) is 0 Å². The van der Waals surface area contributed by atoms with Crippen LogP contribution in [0.5, 0.6) is 0 Å². The minimum atomic E-state index is -0.794. The zero-order chi connectivity index (χ0) is 18.7. The van der Waals surface area contributed by atoms with Gasteiger partial charge >= 0.3 is 0 Å². The summed E-state index contributed by atoms with van der Waals surface area (Å²) < 4.78 is 0. The normalized spacial score (nSPS) is 24.6. The second-order valence-corrected chi connectivity index (χ2v) is 8.47. The SMILES string of the molecule is CN(C)C(c1ccccc1Cl)C1CCCCC1(O)Cc1ccccc1Cl. The Hall–Kier alpha value is -1.06. The highest BCUT2D eigenvalue weighted by Gasteiger charge is 2.45. The number of hydrogen-bond donors (Lipinski definition) is 1. The molecule has 0 bridgehead atoms.